The van der Waals surface area contributed by atoms with E-state index in [1.807, 2.05) is 19.1 Å². The maximum absolute atomic E-state index is 12.2. The Hall–Kier alpha value is -2.72. The van der Waals surface area contributed by atoms with Crippen LogP contribution in [0, 0.1) is 5.92 Å². The van der Waals surface area contributed by atoms with Crippen LogP contribution in [0.25, 0.3) is 11.1 Å². The molecule has 2 aliphatic heterocycles. The lowest BCUT2D eigenvalue weighted by molar-refractivity contribution is -0.167. The van der Waals surface area contributed by atoms with Gasteiger partial charge in [0.1, 0.15) is 42.4 Å². The number of hydrogen-bond donors (Lipinski definition) is 1. The fourth-order valence-electron chi connectivity index (χ4n) is 4.59. The molecular formula is C23H22ClN3O6. The lowest BCUT2D eigenvalue weighted by Gasteiger charge is -2.27. The Labute approximate surface area is 194 Å². The van der Waals surface area contributed by atoms with Gasteiger partial charge in [0, 0.05) is 16.1 Å². The molecular weight excluding hydrogens is 450 g/mol. The van der Waals surface area contributed by atoms with E-state index in [0.717, 1.165) is 18.4 Å². The van der Waals surface area contributed by atoms with E-state index in [0.29, 0.717) is 21.7 Å². The molecule has 9 nitrogen and oxygen atoms in total. The van der Waals surface area contributed by atoms with Crippen molar-refractivity contribution < 1.29 is 28.2 Å². The Morgan fingerprint density at radius 2 is 2.03 bits per heavy atom. The molecule has 3 fully saturated rings. The van der Waals surface area contributed by atoms with Crippen molar-refractivity contribution in [2.75, 3.05) is 12.3 Å². The number of nitrogens with two attached hydrogens (primary N) is 1. The minimum absolute atomic E-state index is 0.00589. The van der Waals surface area contributed by atoms with Crippen LogP contribution in [0.1, 0.15) is 43.3 Å². The molecule has 6 rings (SSSR count). The third-order valence-corrected chi connectivity index (χ3v) is 6.75. The van der Waals surface area contributed by atoms with Crippen molar-refractivity contribution in [3.05, 3.63) is 53.0 Å². The van der Waals surface area contributed by atoms with Crippen LogP contribution in [0.4, 0.5) is 5.82 Å². The lowest BCUT2D eigenvalue weighted by Crippen LogP contribution is -2.41. The van der Waals surface area contributed by atoms with Crippen molar-refractivity contribution in [3.8, 4) is 0 Å². The summed E-state index contributed by atoms with van der Waals surface area (Å²) in [5, 5.41) is 0.622. The Kier molecular flexibility index (Phi) is 4.84. The average Bonchev–Trinajstić information content (AvgIpc) is 3.39. The van der Waals surface area contributed by atoms with Gasteiger partial charge in [0.2, 0.25) is 0 Å². The van der Waals surface area contributed by atoms with Crippen molar-refractivity contribution in [2.45, 2.75) is 50.0 Å². The first-order valence-corrected chi connectivity index (χ1v) is 11.2. The van der Waals surface area contributed by atoms with E-state index in [9.17, 15) is 4.79 Å². The van der Waals surface area contributed by atoms with Crippen LogP contribution in [0.2, 0.25) is 5.02 Å². The summed E-state index contributed by atoms with van der Waals surface area (Å²) in [7, 11) is 0. The predicted molar refractivity (Wildman–Crippen MR) is 116 cm³/mol. The summed E-state index contributed by atoms with van der Waals surface area (Å²) in [6.07, 6.45) is 2.40. The van der Waals surface area contributed by atoms with E-state index in [-0.39, 0.29) is 24.3 Å². The molecule has 1 unspecified atom stereocenters. The maximum atomic E-state index is 12.2. The summed E-state index contributed by atoms with van der Waals surface area (Å²) in [5.41, 5.74) is 7.47. The second-order valence-electron chi connectivity index (χ2n) is 8.83. The summed E-state index contributed by atoms with van der Waals surface area (Å²) in [6, 6.07) is 7.28. The fourth-order valence-corrected chi connectivity index (χ4v) is 4.72. The van der Waals surface area contributed by atoms with E-state index in [1.54, 1.807) is 18.4 Å². The molecule has 33 heavy (non-hydrogen) atoms. The topological polar surface area (TPSA) is 119 Å². The molecule has 172 valence electrons. The third kappa shape index (κ3) is 3.47. The number of aromatic nitrogens is 2. The van der Waals surface area contributed by atoms with Crippen molar-refractivity contribution in [1.29, 1.82) is 0 Å². The number of furan rings is 1. The van der Waals surface area contributed by atoms with E-state index in [1.165, 1.54) is 6.33 Å². The van der Waals surface area contributed by atoms with Gasteiger partial charge in [0.05, 0.1) is 12.2 Å². The SMILES string of the molecule is C[C@@]12OC(c3ccc(Cl)cc3)O[C@@H]1[C@@H](COC(=O)C1CC1)O[C@H]2c1coc2c(N)ncnc12. The van der Waals surface area contributed by atoms with E-state index in [4.69, 9.17) is 40.7 Å². The maximum Gasteiger partial charge on any atom is 0.309 e. The Bertz CT molecular complexity index is 1210. The van der Waals surface area contributed by atoms with Gasteiger partial charge in [-0.25, -0.2) is 9.97 Å². The first-order chi connectivity index (χ1) is 15.9. The molecule has 0 spiro atoms. The first kappa shape index (κ1) is 20.9. The predicted octanol–water partition coefficient (Wildman–Crippen LogP) is 3.72. The van der Waals surface area contributed by atoms with Crippen LogP contribution in [-0.2, 0) is 23.7 Å². The van der Waals surface area contributed by atoms with Gasteiger partial charge in [-0.1, -0.05) is 23.7 Å². The van der Waals surface area contributed by atoms with Crippen LogP contribution in [0.3, 0.4) is 0 Å². The average molecular weight is 472 g/mol. The molecule has 0 bridgehead atoms. The summed E-state index contributed by atoms with van der Waals surface area (Å²) in [4.78, 5) is 20.5. The molecule has 3 aliphatic rings. The molecule has 5 atom stereocenters. The van der Waals surface area contributed by atoms with E-state index < -0.39 is 30.2 Å². The van der Waals surface area contributed by atoms with Gasteiger partial charge in [-0.3, -0.25) is 4.79 Å². The molecule has 0 amide bonds. The molecule has 1 aliphatic carbocycles. The molecule has 2 aromatic heterocycles. The second kappa shape index (κ2) is 7.66. The highest BCUT2D eigenvalue weighted by Gasteiger charge is 2.63. The molecule has 2 saturated heterocycles. The zero-order valence-electron chi connectivity index (χ0n) is 17.8. The zero-order valence-corrected chi connectivity index (χ0v) is 18.5. The van der Waals surface area contributed by atoms with Crippen molar-refractivity contribution in [1.82, 2.24) is 9.97 Å². The summed E-state index contributed by atoms with van der Waals surface area (Å²) in [5.74, 6) is 0.0309. The number of nitrogen functional groups attached to an aromatic ring is 1. The minimum Gasteiger partial charge on any atom is -0.463 e. The largest absolute Gasteiger partial charge is 0.463 e. The van der Waals surface area contributed by atoms with Gasteiger partial charge >= 0.3 is 5.97 Å². The van der Waals surface area contributed by atoms with E-state index >= 15 is 0 Å². The number of esters is 1. The zero-order chi connectivity index (χ0) is 22.7. The number of rotatable bonds is 5. The van der Waals surface area contributed by atoms with Crippen LogP contribution < -0.4 is 5.73 Å². The minimum atomic E-state index is -0.905. The number of benzene rings is 1. The van der Waals surface area contributed by atoms with Crippen LogP contribution in [0.15, 0.2) is 41.3 Å². The van der Waals surface area contributed by atoms with Gasteiger partial charge < -0.3 is 29.1 Å². The monoisotopic (exact) mass is 471 g/mol. The Morgan fingerprint density at radius 3 is 2.79 bits per heavy atom. The highest BCUT2D eigenvalue weighted by Crippen LogP contribution is 2.54. The summed E-state index contributed by atoms with van der Waals surface area (Å²) < 4.78 is 30.4. The Morgan fingerprint density at radius 1 is 1.24 bits per heavy atom. The standard InChI is InChI=1S/C23H22ClN3O6/c1-23-18(14-8-29-17-16(14)26-10-27-20(17)25)31-15(9-30-21(28)11-2-3-11)19(23)32-22(33-23)12-4-6-13(24)7-5-12/h4-8,10-11,15,18-19,22H,2-3,9H2,1H3,(H2,25,26,27)/t15-,18+,19-,22?,23+/m1/s1. The first-order valence-electron chi connectivity index (χ1n) is 10.8. The quantitative estimate of drug-likeness (QED) is 0.555. The summed E-state index contributed by atoms with van der Waals surface area (Å²) >= 11 is 6.04. The van der Waals surface area contributed by atoms with Gasteiger partial charge in [-0.2, -0.15) is 0 Å². The molecule has 0 radical (unpaired) electrons. The highest BCUT2D eigenvalue weighted by molar-refractivity contribution is 6.30. The molecule has 10 heteroatoms. The Balaban J connectivity index is 1.34. The number of hydrogen-bond acceptors (Lipinski definition) is 9. The number of ether oxygens (including phenoxy) is 4. The van der Waals surface area contributed by atoms with Crippen LogP contribution in [0.5, 0.6) is 0 Å². The second-order valence-corrected chi connectivity index (χ2v) is 9.26. The molecule has 1 saturated carbocycles. The molecule has 2 N–H and O–H groups in total. The van der Waals surface area contributed by atoms with Crippen LogP contribution in [-0.4, -0.2) is 40.4 Å². The van der Waals surface area contributed by atoms with Crippen LogP contribution >= 0.6 is 11.6 Å². The highest BCUT2D eigenvalue weighted by atomic mass is 35.5. The lowest BCUT2D eigenvalue weighted by atomic mass is 9.89. The fraction of sp³-hybridized carbons (Fsp3) is 0.435. The smallest absolute Gasteiger partial charge is 0.309 e. The van der Waals surface area contributed by atoms with Gasteiger partial charge in [-0.05, 0) is 31.9 Å². The number of carbonyl (C=O) groups is 1. The van der Waals surface area contributed by atoms with Crippen molar-refractivity contribution >= 4 is 34.5 Å². The number of fused-ring (bicyclic) bond motifs is 2. The van der Waals surface area contributed by atoms with Crippen molar-refractivity contribution in [2.24, 2.45) is 5.92 Å². The van der Waals surface area contributed by atoms with Gasteiger partial charge in [0.15, 0.2) is 17.7 Å². The molecule has 1 aromatic carbocycles. The summed E-state index contributed by atoms with van der Waals surface area (Å²) in [6.45, 7) is 1.99. The van der Waals surface area contributed by atoms with E-state index in [2.05, 4.69) is 9.97 Å². The molecule has 4 heterocycles. The normalized spacial score (nSPS) is 31.1. The third-order valence-electron chi connectivity index (χ3n) is 6.50. The number of halogens is 1. The number of anilines is 1. The number of nitrogens with zero attached hydrogens (tertiary/aromatic N) is 2. The van der Waals surface area contributed by atoms with Gasteiger partial charge in [-0.15, -0.1) is 0 Å². The molecule has 3 aromatic rings. The number of carbonyl (C=O) groups excluding carboxylic acids is 1. The van der Waals surface area contributed by atoms with Gasteiger partial charge in [0.25, 0.3) is 0 Å². The van der Waals surface area contributed by atoms with Crippen molar-refractivity contribution in [3.63, 3.8) is 0 Å².